The van der Waals surface area contributed by atoms with Gasteiger partial charge in [-0.15, -0.1) is 0 Å². The second kappa shape index (κ2) is 4.95. The van der Waals surface area contributed by atoms with Gasteiger partial charge in [-0.3, -0.25) is 0 Å². The maximum Gasteiger partial charge on any atom is 0.336 e. The lowest BCUT2D eigenvalue weighted by Crippen LogP contribution is -2.01. The molecule has 1 heterocycles. The summed E-state index contributed by atoms with van der Waals surface area (Å²) in [4.78, 5) is 11.5. The number of carboxylic acid groups (broad SMARTS) is 1. The van der Waals surface area contributed by atoms with Crippen molar-refractivity contribution in [2.45, 2.75) is 0 Å². The largest absolute Gasteiger partial charge is 0.478 e. The van der Waals surface area contributed by atoms with Crippen molar-refractivity contribution in [3.63, 3.8) is 0 Å². The number of benzene rings is 3. The molecule has 0 aliphatic carbocycles. The van der Waals surface area contributed by atoms with E-state index in [0.717, 1.165) is 10.8 Å². The van der Waals surface area contributed by atoms with Gasteiger partial charge in [-0.05, 0) is 29.8 Å². The van der Waals surface area contributed by atoms with Crippen molar-refractivity contribution in [1.82, 2.24) is 0 Å². The van der Waals surface area contributed by atoms with Gasteiger partial charge in [0.25, 0.3) is 0 Å². The number of halogens is 1. The Bertz CT molecular complexity index is 1060. The molecule has 0 bridgehead atoms. The highest BCUT2D eigenvalue weighted by molar-refractivity contribution is 6.14. The number of aromatic carboxylic acids is 1. The molecule has 0 radical (unpaired) electrons. The Kier molecular flexibility index (Phi) is 2.91. The fourth-order valence-electron chi connectivity index (χ4n) is 2.96. The molecule has 0 saturated heterocycles. The fraction of sp³-hybridized carbons (Fsp3) is 0. The molecular formula is C19H11FO3. The molecule has 3 nitrogen and oxygen atoms in total. The average molecular weight is 306 g/mol. The van der Waals surface area contributed by atoms with Crippen molar-refractivity contribution in [3.8, 4) is 11.1 Å². The average Bonchev–Trinajstić information content (AvgIpc) is 2.93. The summed E-state index contributed by atoms with van der Waals surface area (Å²) in [7, 11) is 0. The van der Waals surface area contributed by atoms with Crippen LogP contribution in [-0.2, 0) is 0 Å². The number of hydrogen-bond donors (Lipinski definition) is 1. The molecule has 4 heteroatoms. The summed E-state index contributed by atoms with van der Waals surface area (Å²) in [5, 5.41) is 10.9. The summed E-state index contributed by atoms with van der Waals surface area (Å²) in [6, 6.07) is 16.8. The number of rotatable bonds is 2. The second-order valence-corrected chi connectivity index (χ2v) is 5.24. The highest BCUT2D eigenvalue weighted by Crippen LogP contribution is 2.38. The van der Waals surface area contributed by atoms with E-state index in [2.05, 4.69) is 0 Å². The molecule has 3 aromatic carbocycles. The van der Waals surface area contributed by atoms with Crippen LogP contribution in [0.15, 0.2) is 65.1 Å². The first-order chi connectivity index (χ1) is 11.2. The smallest absolute Gasteiger partial charge is 0.336 e. The molecule has 0 aliphatic rings. The van der Waals surface area contributed by atoms with Gasteiger partial charge in [0.05, 0.1) is 5.56 Å². The molecule has 0 atom stereocenters. The van der Waals surface area contributed by atoms with Crippen molar-refractivity contribution < 1.29 is 18.7 Å². The van der Waals surface area contributed by atoms with Crippen LogP contribution in [0.1, 0.15) is 10.4 Å². The molecule has 112 valence electrons. The minimum Gasteiger partial charge on any atom is -0.478 e. The van der Waals surface area contributed by atoms with Crippen molar-refractivity contribution in [1.29, 1.82) is 0 Å². The summed E-state index contributed by atoms with van der Waals surface area (Å²) in [6.07, 6.45) is 0. The van der Waals surface area contributed by atoms with Gasteiger partial charge in [-0.2, -0.15) is 0 Å². The third-order valence-electron chi connectivity index (χ3n) is 3.92. The molecule has 0 saturated carbocycles. The molecular weight excluding hydrogens is 295 g/mol. The van der Waals surface area contributed by atoms with E-state index in [0.29, 0.717) is 16.7 Å². The van der Waals surface area contributed by atoms with Crippen LogP contribution in [0, 0.1) is 5.82 Å². The number of para-hydroxylation sites is 1. The molecule has 0 unspecified atom stereocenters. The van der Waals surface area contributed by atoms with Crippen LogP contribution in [0.2, 0.25) is 0 Å². The van der Waals surface area contributed by atoms with Crippen LogP contribution in [0.4, 0.5) is 4.39 Å². The SMILES string of the molecule is O=C(O)c1cccc(F)c1-c1cccc2oc3ccccc3c12. The minimum atomic E-state index is -1.16. The van der Waals surface area contributed by atoms with Crippen molar-refractivity contribution in [3.05, 3.63) is 72.0 Å². The van der Waals surface area contributed by atoms with E-state index in [-0.39, 0.29) is 11.1 Å². The van der Waals surface area contributed by atoms with E-state index < -0.39 is 11.8 Å². The van der Waals surface area contributed by atoms with Gasteiger partial charge in [-0.25, -0.2) is 9.18 Å². The van der Waals surface area contributed by atoms with Gasteiger partial charge in [0, 0.05) is 16.3 Å². The zero-order chi connectivity index (χ0) is 16.0. The van der Waals surface area contributed by atoms with E-state index in [1.807, 2.05) is 24.3 Å². The van der Waals surface area contributed by atoms with E-state index in [1.165, 1.54) is 18.2 Å². The lowest BCUT2D eigenvalue weighted by molar-refractivity contribution is 0.0697. The lowest BCUT2D eigenvalue weighted by atomic mass is 9.95. The maximum absolute atomic E-state index is 14.4. The predicted molar refractivity (Wildman–Crippen MR) is 86.1 cm³/mol. The molecule has 23 heavy (non-hydrogen) atoms. The zero-order valence-electron chi connectivity index (χ0n) is 11.9. The number of fused-ring (bicyclic) bond motifs is 3. The number of carbonyl (C=O) groups is 1. The van der Waals surface area contributed by atoms with Gasteiger partial charge >= 0.3 is 5.97 Å². The van der Waals surface area contributed by atoms with Crippen LogP contribution >= 0.6 is 0 Å². The quantitative estimate of drug-likeness (QED) is 0.561. The number of furan rings is 1. The topological polar surface area (TPSA) is 50.4 Å². The first-order valence-corrected chi connectivity index (χ1v) is 7.09. The van der Waals surface area contributed by atoms with Gasteiger partial charge in [-0.1, -0.05) is 36.4 Å². The van der Waals surface area contributed by atoms with Crippen molar-refractivity contribution in [2.24, 2.45) is 0 Å². The Morgan fingerprint density at radius 1 is 0.913 bits per heavy atom. The Morgan fingerprint density at radius 3 is 2.48 bits per heavy atom. The molecule has 0 aliphatic heterocycles. The molecule has 4 rings (SSSR count). The normalized spacial score (nSPS) is 11.2. The highest BCUT2D eigenvalue weighted by atomic mass is 19.1. The monoisotopic (exact) mass is 306 g/mol. The number of carboxylic acids is 1. The van der Waals surface area contributed by atoms with Crippen LogP contribution in [0.25, 0.3) is 33.1 Å². The van der Waals surface area contributed by atoms with Gasteiger partial charge in [0.15, 0.2) is 0 Å². The third-order valence-corrected chi connectivity index (χ3v) is 3.92. The Hall–Kier alpha value is -3.14. The van der Waals surface area contributed by atoms with E-state index >= 15 is 0 Å². The van der Waals surface area contributed by atoms with E-state index in [9.17, 15) is 14.3 Å². The van der Waals surface area contributed by atoms with Crippen LogP contribution in [0.3, 0.4) is 0 Å². The third kappa shape index (κ3) is 1.99. The van der Waals surface area contributed by atoms with Crippen molar-refractivity contribution in [2.75, 3.05) is 0 Å². The first kappa shape index (κ1) is 13.5. The summed E-state index contributed by atoms with van der Waals surface area (Å²) >= 11 is 0. The molecule has 0 amide bonds. The standard InChI is InChI=1S/C19H11FO3/c20-14-8-3-7-13(19(21)22)17(14)12-6-4-10-16-18(12)11-5-1-2-9-15(11)23-16/h1-10H,(H,21,22). The molecule has 0 fully saturated rings. The summed E-state index contributed by atoms with van der Waals surface area (Å²) in [6.45, 7) is 0. The van der Waals surface area contributed by atoms with Gasteiger partial charge in [0.1, 0.15) is 17.0 Å². The van der Waals surface area contributed by atoms with E-state index in [4.69, 9.17) is 4.42 Å². The van der Waals surface area contributed by atoms with E-state index in [1.54, 1.807) is 18.2 Å². The van der Waals surface area contributed by atoms with Crippen LogP contribution in [0.5, 0.6) is 0 Å². The van der Waals surface area contributed by atoms with Gasteiger partial charge < -0.3 is 9.52 Å². The minimum absolute atomic E-state index is 0.0669. The zero-order valence-corrected chi connectivity index (χ0v) is 11.9. The first-order valence-electron chi connectivity index (χ1n) is 7.09. The molecule has 1 N–H and O–H groups in total. The van der Waals surface area contributed by atoms with Gasteiger partial charge in [0.2, 0.25) is 0 Å². The molecule has 4 aromatic rings. The highest BCUT2D eigenvalue weighted by Gasteiger charge is 2.20. The number of hydrogen-bond acceptors (Lipinski definition) is 2. The fourth-order valence-corrected chi connectivity index (χ4v) is 2.96. The van der Waals surface area contributed by atoms with Crippen molar-refractivity contribution >= 4 is 27.9 Å². The summed E-state index contributed by atoms with van der Waals surface area (Å²) in [5.41, 5.74) is 1.81. The molecule has 1 aromatic heterocycles. The predicted octanol–water partition coefficient (Wildman–Crippen LogP) is 5.09. The summed E-state index contributed by atoms with van der Waals surface area (Å²) < 4.78 is 20.2. The second-order valence-electron chi connectivity index (χ2n) is 5.24. The molecule has 0 spiro atoms. The summed E-state index contributed by atoms with van der Waals surface area (Å²) in [5.74, 6) is -1.73. The van der Waals surface area contributed by atoms with Crippen LogP contribution < -0.4 is 0 Å². The Balaban J connectivity index is 2.18. The maximum atomic E-state index is 14.4. The van der Waals surface area contributed by atoms with Crippen LogP contribution in [-0.4, -0.2) is 11.1 Å². The lowest BCUT2D eigenvalue weighted by Gasteiger charge is -2.09. The Labute approximate surface area is 130 Å². The Morgan fingerprint density at radius 2 is 1.65 bits per heavy atom.